The molecule has 0 aromatic heterocycles. The quantitative estimate of drug-likeness (QED) is 0.675. The molecular weight excluding hydrogens is 270 g/mol. The van der Waals surface area contributed by atoms with Gasteiger partial charge < -0.3 is 4.74 Å². The van der Waals surface area contributed by atoms with Crippen LogP contribution in [0.15, 0.2) is 48.5 Å². The highest BCUT2D eigenvalue weighted by molar-refractivity contribution is 6.01. The molecule has 2 aromatic rings. The zero-order valence-corrected chi connectivity index (χ0v) is 11.4. The summed E-state index contributed by atoms with van der Waals surface area (Å²) in [5.41, 5.74) is 0.892. The van der Waals surface area contributed by atoms with E-state index in [-0.39, 0.29) is 17.7 Å². The lowest BCUT2D eigenvalue weighted by Gasteiger charge is -2.16. The number of carbonyl (C=O) groups excluding carboxylic acids is 2. The summed E-state index contributed by atoms with van der Waals surface area (Å²) in [6.07, 6.45) is 1.68. The van der Waals surface area contributed by atoms with Gasteiger partial charge in [-0.2, -0.15) is 0 Å². The zero-order valence-electron chi connectivity index (χ0n) is 11.4. The van der Waals surface area contributed by atoms with Crippen LogP contribution in [0.25, 0.3) is 0 Å². The molecule has 0 saturated heterocycles. The summed E-state index contributed by atoms with van der Waals surface area (Å²) in [5, 5.41) is 10.5. The number of hydroxylamine groups is 2. The van der Waals surface area contributed by atoms with Crippen molar-refractivity contribution in [1.29, 1.82) is 0 Å². The topological polar surface area (TPSA) is 66.8 Å². The largest absolute Gasteiger partial charge is 0.497 e. The highest BCUT2D eigenvalue weighted by atomic mass is 16.5. The van der Waals surface area contributed by atoms with E-state index in [2.05, 4.69) is 0 Å². The molecule has 1 radical (unpaired) electrons. The Morgan fingerprint density at radius 2 is 1.95 bits per heavy atom. The summed E-state index contributed by atoms with van der Waals surface area (Å²) in [5.74, 6) is -0.262. The second kappa shape index (κ2) is 6.67. The number of hydrogen-bond donors (Lipinski definition) is 1. The van der Waals surface area contributed by atoms with Gasteiger partial charge in [0.1, 0.15) is 5.75 Å². The first-order chi connectivity index (χ1) is 10.2. The molecule has 0 heterocycles. The SMILES string of the molecule is COc1ccc([C]=O)c(C(=O)N(O)Cc2ccccc2)c1. The molecule has 0 bridgehead atoms. The van der Waals surface area contributed by atoms with E-state index in [4.69, 9.17) is 4.74 Å². The van der Waals surface area contributed by atoms with Crippen LogP contribution in [0.2, 0.25) is 0 Å². The molecule has 0 aliphatic carbocycles. The van der Waals surface area contributed by atoms with Crippen molar-refractivity contribution in [1.82, 2.24) is 5.06 Å². The van der Waals surface area contributed by atoms with Gasteiger partial charge in [0.2, 0.25) is 6.29 Å². The third kappa shape index (κ3) is 3.46. The molecule has 0 atom stereocenters. The van der Waals surface area contributed by atoms with Crippen LogP contribution >= 0.6 is 0 Å². The Kier molecular flexibility index (Phi) is 4.68. The van der Waals surface area contributed by atoms with E-state index in [1.165, 1.54) is 19.2 Å². The minimum atomic E-state index is -0.684. The average Bonchev–Trinajstić information content (AvgIpc) is 2.54. The van der Waals surface area contributed by atoms with Crippen molar-refractivity contribution in [2.24, 2.45) is 0 Å². The fourth-order valence-electron chi connectivity index (χ4n) is 1.88. The van der Waals surface area contributed by atoms with Crippen LogP contribution in [0.4, 0.5) is 0 Å². The molecular formula is C16H14NO4. The van der Waals surface area contributed by atoms with Crippen molar-refractivity contribution < 1.29 is 19.5 Å². The molecule has 0 fully saturated rings. The Morgan fingerprint density at radius 1 is 1.24 bits per heavy atom. The van der Waals surface area contributed by atoms with Crippen LogP contribution in [-0.4, -0.2) is 29.6 Å². The fraction of sp³-hybridized carbons (Fsp3) is 0.125. The number of ether oxygens (including phenoxy) is 1. The minimum absolute atomic E-state index is 0.0230. The normalized spacial score (nSPS) is 10.0. The van der Waals surface area contributed by atoms with Crippen molar-refractivity contribution in [2.75, 3.05) is 7.11 Å². The number of rotatable bonds is 5. The molecule has 21 heavy (non-hydrogen) atoms. The Hall–Kier alpha value is -2.66. The number of nitrogens with zero attached hydrogens (tertiary/aromatic N) is 1. The average molecular weight is 284 g/mol. The summed E-state index contributed by atoms with van der Waals surface area (Å²) in [6.45, 7) is 0.0230. The van der Waals surface area contributed by atoms with Crippen molar-refractivity contribution in [3.05, 3.63) is 65.2 Å². The van der Waals surface area contributed by atoms with Crippen molar-refractivity contribution in [2.45, 2.75) is 6.54 Å². The number of amides is 1. The molecule has 5 nitrogen and oxygen atoms in total. The van der Waals surface area contributed by atoms with Gasteiger partial charge in [0, 0.05) is 5.56 Å². The molecule has 1 amide bonds. The van der Waals surface area contributed by atoms with Gasteiger partial charge in [-0.15, -0.1) is 0 Å². The highest BCUT2D eigenvalue weighted by Gasteiger charge is 2.19. The predicted molar refractivity (Wildman–Crippen MR) is 75.9 cm³/mol. The van der Waals surface area contributed by atoms with Crippen LogP contribution in [0.5, 0.6) is 5.75 Å². The number of hydrogen-bond acceptors (Lipinski definition) is 4. The maximum absolute atomic E-state index is 12.2. The summed E-state index contributed by atoms with van der Waals surface area (Å²) >= 11 is 0. The standard InChI is InChI=1S/C16H14NO4/c1-21-14-8-7-13(11-18)15(9-14)16(19)17(20)10-12-5-3-2-4-6-12/h2-9,20H,10H2,1H3. The third-order valence-electron chi connectivity index (χ3n) is 2.98. The number of benzene rings is 2. The summed E-state index contributed by atoms with van der Waals surface area (Å²) in [4.78, 5) is 23.1. The van der Waals surface area contributed by atoms with Gasteiger partial charge in [0.15, 0.2) is 0 Å². The van der Waals surface area contributed by atoms with Crippen molar-refractivity contribution in [3.63, 3.8) is 0 Å². The first kappa shape index (κ1) is 14.7. The lowest BCUT2D eigenvalue weighted by Crippen LogP contribution is -2.27. The second-order valence-electron chi connectivity index (χ2n) is 4.36. The fourth-order valence-corrected chi connectivity index (χ4v) is 1.88. The van der Waals surface area contributed by atoms with Gasteiger partial charge in [-0.05, 0) is 23.8 Å². The molecule has 0 spiro atoms. The van der Waals surface area contributed by atoms with Crippen LogP contribution in [0.3, 0.4) is 0 Å². The van der Waals surface area contributed by atoms with E-state index in [1.54, 1.807) is 24.5 Å². The molecule has 0 saturated carbocycles. The summed E-state index contributed by atoms with van der Waals surface area (Å²) in [6, 6.07) is 13.4. The van der Waals surface area contributed by atoms with E-state index in [1.807, 2.05) is 18.2 Å². The van der Waals surface area contributed by atoms with Gasteiger partial charge in [-0.3, -0.25) is 14.8 Å². The van der Waals surface area contributed by atoms with E-state index in [0.717, 1.165) is 5.56 Å². The van der Waals surface area contributed by atoms with Crippen molar-refractivity contribution in [3.8, 4) is 5.75 Å². The first-order valence-electron chi connectivity index (χ1n) is 6.26. The predicted octanol–water partition coefficient (Wildman–Crippen LogP) is 2.18. The van der Waals surface area contributed by atoms with Crippen LogP contribution in [-0.2, 0) is 11.3 Å². The maximum Gasteiger partial charge on any atom is 0.278 e. The Balaban J connectivity index is 2.24. The van der Waals surface area contributed by atoms with Gasteiger partial charge in [-0.25, -0.2) is 5.06 Å². The monoisotopic (exact) mass is 284 g/mol. The second-order valence-corrected chi connectivity index (χ2v) is 4.36. The van der Waals surface area contributed by atoms with E-state index < -0.39 is 5.91 Å². The van der Waals surface area contributed by atoms with Crippen molar-refractivity contribution >= 4 is 12.2 Å². The summed E-state index contributed by atoms with van der Waals surface area (Å²) < 4.78 is 5.02. The van der Waals surface area contributed by atoms with Gasteiger partial charge in [-0.1, -0.05) is 30.3 Å². The van der Waals surface area contributed by atoms with Gasteiger partial charge >= 0.3 is 0 Å². The van der Waals surface area contributed by atoms with E-state index in [0.29, 0.717) is 10.8 Å². The molecule has 1 N–H and O–H groups in total. The Labute approximate surface area is 122 Å². The van der Waals surface area contributed by atoms with Crippen LogP contribution in [0.1, 0.15) is 21.5 Å². The first-order valence-corrected chi connectivity index (χ1v) is 6.26. The molecule has 107 valence electrons. The third-order valence-corrected chi connectivity index (χ3v) is 2.98. The molecule has 0 aliphatic rings. The number of carbonyl (C=O) groups is 1. The van der Waals surface area contributed by atoms with Gasteiger partial charge in [0.25, 0.3) is 5.91 Å². The lowest BCUT2D eigenvalue weighted by atomic mass is 10.1. The lowest BCUT2D eigenvalue weighted by molar-refractivity contribution is -0.0648. The molecule has 5 heteroatoms. The van der Waals surface area contributed by atoms with E-state index in [9.17, 15) is 14.8 Å². The van der Waals surface area contributed by atoms with Crippen LogP contribution in [0, 0.1) is 0 Å². The molecule has 0 aliphatic heterocycles. The van der Waals surface area contributed by atoms with Gasteiger partial charge in [0.05, 0.1) is 19.2 Å². The molecule has 2 aromatic carbocycles. The Bertz CT molecular complexity index is 640. The Morgan fingerprint density at radius 3 is 2.57 bits per heavy atom. The molecule has 0 unspecified atom stereocenters. The highest BCUT2D eigenvalue weighted by Crippen LogP contribution is 2.18. The number of methoxy groups -OCH3 is 1. The summed E-state index contributed by atoms with van der Waals surface area (Å²) in [7, 11) is 1.45. The maximum atomic E-state index is 12.2. The molecule has 2 rings (SSSR count). The van der Waals surface area contributed by atoms with E-state index >= 15 is 0 Å². The minimum Gasteiger partial charge on any atom is -0.497 e. The van der Waals surface area contributed by atoms with Crippen LogP contribution < -0.4 is 4.74 Å². The smallest absolute Gasteiger partial charge is 0.278 e. The zero-order chi connectivity index (χ0) is 15.2.